The highest BCUT2D eigenvalue weighted by Crippen LogP contribution is 2.30. The van der Waals surface area contributed by atoms with E-state index in [2.05, 4.69) is 25.6 Å². The van der Waals surface area contributed by atoms with Crippen LogP contribution in [0.3, 0.4) is 0 Å². The van der Waals surface area contributed by atoms with Gasteiger partial charge in [-0.15, -0.1) is 0 Å². The molecule has 1 aliphatic heterocycles. The van der Waals surface area contributed by atoms with Crippen molar-refractivity contribution >= 4 is 22.9 Å². The molecule has 0 radical (unpaired) electrons. The zero-order valence-corrected chi connectivity index (χ0v) is 22.1. The maximum Gasteiger partial charge on any atom is 0.272 e. The lowest BCUT2D eigenvalue weighted by Gasteiger charge is -2.38. The second-order valence-corrected chi connectivity index (χ2v) is 9.50. The first-order chi connectivity index (χ1) is 19.7. The SMILES string of the molecule is CCOc1cc(F)c(CNc2ccccc2C(=N)c2ncc(CN3CC(F)(F)C3)c(Nc3ccncc3)n2)c(F)c1. The quantitative estimate of drug-likeness (QED) is 0.157. The Labute approximate surface area is 233 Å². The number of likely N-dealkylation sites (tertiary alicyclic amines) is 1. The van der Waals surface area contributed by atoms with E-state index in [-0.39, 0.29) is 55.6 Å². The van der Waals surface area contributed by atoms with Crippen molar-refractivity contribution in [2.45, 2.75) is 25.9 Å². The molecule has 0 spiro atoms. The monoisotopic (exact) mass is 565 g/mol. The molecule has 1 aliphatic rings. The number of para-hydroxylation sites is 1. The largest absolute Gasteiger partial charge is 0.494 e. The van der Waals surface area contributed by atoms with E-state index in [0.29, 0.717) is 28.3 Å². The number of anilines is 3. The first kappa shape index (κ1) is 28.0. The van der Waals surface area contributed by atoms with Gasteiger partial charge in [0.15, 0.2) is 5.82 Å². The zero-order chi connectivity index (χ0) is 29.0. The van der Waals surface area contributed by atoms with Crippen molar-refractivity contribution in [2.75, 3.05) is 30.3 Å². The Morgan fingerprint density at radius 1 is 1.07 bits per heavy atom. The number of pyridine rings is 1. The summed E-state index contributed by atoms with van der Waals surface area (Å²) in [6.45, 7) is 1.32. The van der Waals surface area contributed by atoms with Gasteiger partial charge < -0.3 is 15.4 Å². The van der Waals surface area contributed by atoms with Crippen LogP contribution in [0.2, 0.25) is 0 Å². The smallest absolute Gasteiger partial charge is 0.272 e. The minimum Gasteiger partial charge on any atom is -0.494 e. The second kappa shape index (κ2) is 11.9. The predicted octanol–water partition coefficient (Wildman–Crippen LogP) is 5.77. The Kier molecular flexibility index (Phi) is 8.11. The van der Waals surface area contributed by atoms with Gasteiger partial charge in [0, 0.05) is 71.9 Å². The lowest BCUT2D eigenvalue weighted by atomic mass is 10.1. The topological polar surface area (TPSA) is 99.0 Å². The number of hydrogen-bond donors (Lipinski definition) is 3. The summed E-state index contributed by atoms with van der Waals surface area (Å²) in [6, 6.07) is 12.5. The third kappa shape index (κ3) is 6.60. The van der Waals surface area contributed by atoms with E-state index in [4.69, 9.17) is 10.1 Å². The number of rotatable bonds is 11. The second-order valence-electron chi connectivity index (χ2n) is 9.50. The van der Waals surface area contributed by atoms with Crippen LogP contribution in [0.4, 0.5) is 34.8 Å². The van der Waals surface area contributed by atoms with Gasteiger partial charge in [-0.2, -0.15) is 0 Å². The molecule has 3 heterocycles. The molecule has 8 nitrogen and oxygen atoms in total. The molecule has 0 bridgehead atoms. The predicted molar refractivity (Wildman–Crippen MR) is 147 cm³/mol. The average molecular weight is 566 g/mol. The van der Waals surface area contributed by atoms with Gasteiger partial charge in [0.05, 0.1) is 19.7 Å². The molecule has 1 saturated heterocycles. The summed E-state index contributed by atoms with van der Waals surface area (Å²) in [7, 11) is 0. The first-order valence-electron chi connectivity index (χ1n) is 12.9. The molecule has 3 N–H and O–H groups in total. The van der Waals surface area contributed by atoms with Gasteiger partial charge >= 0.3 is 0 Å². The van der Waals surface area contributed by atoms with Crippen LogP contribution in [0.1, 0.15) is 29.4 Å². The lowest BCUT2D eigenvalue weighted by molar-refractivity contribution is -0.133. The number of aromatic nitrogens is 3. The van der Waals surface area contributed by atoms with Crippen molar-refractivity contribution in [1.29, 1.82) is 5.41 Å². The molecule has 4 aromatic rings. The fourth-order valence-corrected chi connectivity index (χ4v) is 4.44. The number of hydrogen-bond acceptors (Lipinski definition) is 8. The fraction of sp³-hybridized carbons (Fsp3) is 0.241. The number of halogens is 4. The van der Waals surface area contributed by atoms with Gasteiger partial charge in [0.25, 0.3) is 5.92 Å². The Bertz CT molecular complexity index is 1520. The molecule has 2 aromatic carbocycles. The molecule has 1 fully saturated rings. The van der Waals surface area contributed by atoms with Gasteiger partial charge in [0.2, 0.25) is 0 Å². The van der Waals surface area contributed by atoms with E-state index in [0.717, 1.165) is 12.1 Å². The molecule has 0 aliphatic carbocycles. The summed E-state index contributed by atoms with van der Waals surface area (Å²) < 4.78 is 61.3. The van der Waals surface area contributed by atoms with Crippen LogP contribution in [0.25, 0.3) is 0 Å². The normalized spacial score (nSPS) is 14.3. The molecule has 0 atom stereocenters. The Morgan fingerprint density at radius 2 is 1.78 bits per heavy atom. The summed E-state index contributed by atoms with van der Waals surface area (Å²) in [5.74, 6) is -3.67. The third-order valence-corrected chi connectivity index (χ3v) is 6.41. The van der Waals surface area contributed by atoms with E-state index >= 15 is 0 Å². The highest BCUT2D eigenvalue weighted by molar-refractivity contribution is 6.12. The third-order valence-electron chi connectivity index (χ3n) is 6.41. The van der Waals surface area contributed by atoms with Gasteiger partial charge in [-0.3, -0.25) is 15.3 Å². The molecular weight excluding hydrogens is 538 g/mol. The van der Waals surface area contributed by atoms with Gasteiger partial charge in [-0.25, -0.2) is 27.5 Å². The molecule has 41 heavy (non-hydrogen) atoms. The Hall–Kier alpha value is -4.58. The zero-order valence-electron chi connectivity index (χ0n) is 22.1. The van der Waals surface area contributed by atoms with Crippen molar-refractivity contribution in [1.82, 2.24) is 19.9 Å². The molecule has 212 valence electrons. The Morgan fingerprint density at radius 3 is 2.46 bits per heavy atom. The number of benzene rings is 2. The summed E-state index contributed by atoms with van der Waals surface area (Å²) in [5.41, 5.74) is 1.90. The summed E-state index contributed by atoms with van der Waals surface area (Å²) in [6.07, 6.45) is 4.71. The van der Waals surface area contributed by atoms with Gasteiger partial charge in [-0.05, 0) is 25.1 Å². The van der Waals surface area contributed by atoms with Crippen LogP contribution in [-0.2, 0) is 13.1 Å². The average Bonchev–Trinajstić information content (AvgIpc) is 2.93. The van der Waals surface area contributed by atoms with Crippen LogP contribution < -0.4 is 15.4 Å². The van der Waals surface area contributed by atoms with Gasteiger partial charge in [-0.1, -0.05) is 18.2 Å². The summed E-state index contributed by atoms with van der Waals surface area (Å²) in [5, 5.41) is 15.0. The van der Waals surface area contributed by atoms with Gasteiger partial charge in [0.1, 0.15) is 28.9 Å². The van der Waals surface area contributed by atoms with Crippen molar-refractivity contribution in [3.05, 3.63) is 101 Å². The highest BCUT2D eigenvalue weighted by Gasteiger charge is 2.43. The van der Waals surface area contributed by atoms with E-state index in [1.807, 2.05) is 0 Å². The summed E-state index contributed by atoms with van der Waals surface area (Å²) >= 11 is 0. The van der Waals surface area contributed by atoms with Crippen LogP contribution in [0.15, 0.2) is 67.1 Å². The number of nitrogens with one attached hydrogen (secondary N) is 3. The lowest BCUT2D eigenvalue weighted by Crippen LogP contribution is -2.55. The van der Waals surface area contributed by atoms with Crippen LogP contribution in [-0.4, -0.2) is 51.2 Å². The van der Waals surface area contributed by atoms with Crippen molar-refractivity contribution < 1.29 is 22.3 Å². The van der Waals surface area contributed by atoms with Crippen molar-refractivity contribution in [3.8, 4) is 5.75 Å². The standard InChI is InChI=1S/C29H27F4N7O/c1-2-41-20-11-23(30)22(24(31)12-20)14-36-25-6-4-3-5-21(25)26(34)28-37-13-18(15-40-16-29(32,33)17-40)27(39-28)38-19-7-9-35-10-8-19/h3-13,34,36H,2,14-17H2,1H3,(H,35,37,38,39). The van der Waals surface area contributed by atoms with E-state index in [1.165, 1.54) is 6.20 Å². The molecule has 12 heteroatoms. The summed E-state index contributed by atoms with van der Waals surface area (Å²) in [4.78, 5) is 14.5. The molecule has 0 amide bonds. The van der Waals surface area contributed by atoms with E-state index in [1.54, 1.807) is 60.6 Å². The van der Waals surface area contributed by atoms with E-state index < -0.39 is 17.6 Å². The molecule has 5 rings (SSSR count). The maximum absolute atomic E-state index is 14.6. The maximum atomic E-state index is 14.6. The number of alkyl halides is 2. The molecule has 2 aromatic heterocycles. The molecule has 0 unspecified atom stereocenters. The molecule has 0 saturated carbocycles. The van der Waals surface area contributed by atoms with Crippen LogP contribution >= 0.6 is 0 Å². The van der Waals surface area contributed by atoms with Crippen LogP contribution in [0, 0.1) is 17.0 Å². The van der Waals surface area contributed by atoms with Crippen LogP contribution in [0.5, 0.6) is 5.75 Å². The minimum absolute atomic E-state index is 0.0412. The first-order valence-corrected chi connectivity index (χ1v) is 12.9. The number of ether oxygens (including phenoxy) is 1. The van der Waals surface area contributed by atoms with Crippen molar-refractivity contribution in [2.24, 2.45) is 0 Å². The Balaban J connectivity index is 1.39. The highest BCUT2D eigenvalue weighted by atomic mass is 19.3. The van der Waals surface area contributed by atoms with Crippen molar-refractivity contribution in [3.63, 3.8) is 0 Å². The van der Waals surface area contributed by atoms with E-state index in [9.17, 15) is 17.6 Å². The number of nitrogens with zero attached hydrogens (tertiary/aromatic N) is 4. The molecular formula is C29H27F4N7O. The fourth-order valence-electron chi connectivity index (χ4n) is 4.44. The minimum atomic E-state index is -2.71.